The Kier molecular flexibility index (Phi) is 2.94. The van der Waals surface area contributed by atoms with E-state index in [4.69, 9.17) is 16.2 Å². The van der Waals surface area contributed by atoms with E-state index in [9.17, 15) is 9.18 Å². The summed E-state index contributed by atoms with van der Waals surface area (Å²) in [5.74, 6) is -1.05. The average Bonchev–Trinajstić information content (AvgIpc) is 2.28. The third-order valence-corrected chi connectivity index (χ3v) is 3.03. The first-order chi connectivity index (χ1) is 8.42. The number of amidine groups is 1. The summed E-state index contributed by atoms with van der Waals surface area (Å²) >= 11 is 0. The predicted molar refractivity (Wildman–Crippen MR) is 64.5 cm³/mol. The molecule has 6 heteroatoms. The van der Waals surface area contributed by atoms with Crippen molar-refractivity contribution in [3.8, 4) is 0 Å². The van der Waals surface area contributed by atoms with Gasteiger partial charge >= 0.3 is 0 Å². The van der Waals surface area contributed by atoms with Crippen LogP contribution in [0.5, 0.6) is 0 Å². The first-order valence-corrected chi connectivity index (χ1v) is 5.50. The molecule has 1 heterocycles. The van der Waals surface area contributed by atoms with E-state index in [0.717, 1.165) is 0 Å². The van der Waals surface area contributed by atoms with E-state index < -0.39 is 17.3 Å². The van der Waals surface area contributed by atoms with E-state index in [-0.39, 0.29) is 11.6 Å². The molecular formula is C12H14FN3O2. The Labute approximate surface area is 104 Å². The lowest BCUT2D eigenvalue weighted by molar-refractivity contribution is 0.1000. The van der Waals surface area contributed by atoms with Gasteiger partial charge in [-0.2, -0.15) is 0 Å². The number of hydrogen-bond acceptors (Lipinski definition) is 4. The van der Waals surface area contributed by atoms with Gasteiger partial charge in [0.25, 0.3) is 6.02 Å². The second-order valence-corrected chi connectivity index (χ2v) is 4.38. The molecule has 0 bridgehead atoms. The van der Waals surface area contributed by atoms with Crippen LogP contribution in [0.25, 0.3) is 0 Å². The average molecular weight is 251 g/mol. The quantitative estimate of drug-likeness (QED) is 0.817. The van der Waals surface area contributed by atoms with E-state index in [2.05, 4.69) is 4.99 Å². The van der Waals surface area contributed by atoms with Gasteiger partial charge in [0.05, 0.1) is 12.1 Å². The van der Waals surface area contributed by atoms with Crippen molar-refractivity contribution in [3.63, 3.8) is 0 Å². The number of rotatable bonds is 2. The lowest BCUT2D eigenvalue weighted by atomic mass is 9.87. The van der Waals surface area contributed by atoms with Gasteiger partial charge in [0, 0.05) is 17.5 Å². The molecule has 18 heavy (non-hydrogen) atoms. The second-order valence-electron chi connectivity index (χ2n) is 4.38. The zero-order chi connectivity index (χ0) is 13.3. The van der Waals surface area contributed by atoms with Gasteiger partial charge in [-0.25, -0.2) is 9.38 Å². The van der Waals surface area contributed by atoms with Crippen LogP contribution in [0.3, 0.4) is 0 Å². The summed E-state index contributed by atoms with van der Waals surface area (Å²) in [6.07, 6.45) is 0.479. The molecule has 0 fully saturated rings. The molecule has 0 saturated carbocycles. The molecule has 5 nitrogen and oxygen atoms in total. The SMILES string of the molecule is C[C@]1(c2cc(C(N)=O)ccc2F)CCOC(N)=N1. The molecule has 2 rings (SSSR count). The van der Waals surface area contributed by atoms with E-state index in [1.807, 2.05) is 0 Å². The highest BCUT2D eigenvalue weighted by atomic mass is 19.1. The molecule has 0 aliphatic carbocycles. The fourth-order valence-electron chi connectivity index (χ4n) is 1.97. The van der Waals surface area contributed by atoms with Gasteiger partial charge < -0.3 is 16.2 Å². The minimum atomic E-state index is -0.835. The van der Waals surface area contributed by atoms with Crippen molar-refractivity contribution in [1.29, 1.82) is 0 Å². The van der Waals surface area contributed by atoms with Gasteiger partial charge in [0.2, 0.25) is 5.91 Å². The third kappa shape index (κ3) is 2.13. The smallest absolute Gasteiger partial charge is 0.282 e. The number of aliphatic imine (C=N–C) groups is 1. The molecule has 96 valence electrons. The van der Waals surface area contributed by atoms with E-state index in [1.165, 1.54) is 18.2 Å². The maximum absolute atomic E-state index is 13.9. The van der Waals surface area contributed by atoms with Gasteiger partial charge in [-0.1, -0.05) is 0 Å². The van der Waals surface area contributed by atoms with Crippen LogP contribution in [-0.4, -0.2) is 18.5 Å². The monoisotopic (exact) mass is 251 g/mol. The Balaban J connectivity index is 2.52. The Hall–Kier alpha value is -2.11. The molecule has 1 aromatic carbocycles. The van der Waals surface area contributed by atoms with Crippen LogP contribution < -0.4 is 11.5 Å². The van der Waals surface area contributed by atoms with Crippen LogP contribution in [0.15, 0.2) is 23.2 Å². The van der Waals surface area contributed by atoms with E-state index in [1.54, 1.807) is 6.92 Å². The Morgan fingerprint density at radius 2 is 2.28 bits per heavy atom. The molecule has 4 N–H and O–H groups in total. The maximum Gasteiger partial charge on any atom is 0.282 e. The molecule has 1 aromatic rings. The molecule has 1 aliphatic heterocycles. The summed E-state index contributed by atoms with van der Waals surface area (Å²) < 4.78 is 18.9. The van der Waals surface area contributed by atoms with E-state index >= 15 is 0 Å². The molecular weight excluding hydrogens is 237 g/mol. The lowest BCUT2D eigenvalue weighted by Gasteiger charge is -2.30. The minimum Gasteiger partial charge on any atom is -0.465 e. The zero-order valence-corrected chi connectivity index (χ0v) is 9.94. The molecule has 1 amide bonds. The largest absolute Gasteiger partial charge is 0.465 e. The first-order valence-electron chi connectivity index (χ1n) is 5.50. The molecule has 0 spiro atoms. The van der Waals surface area contributed by atoms with Crippen molar-refractivity contribution < 1.29 is 13.9 Å². The van der Waals surface area contributed by atoms with Gasteiger partial charge in [-0.05, 0) is 25.1 Å². The standard InChI is InChI=1S/C12H14FN3O2/c1-12(4-5-18-11(15)16-12)8-6-7(10(14)17)2-3-9(8)13/h2-3,6H,4-5H2,1H3,(H2,14,17)(H2,15,16)/t12-/m1/s1. The number of ether oxygens (including phenoxy) is 1. The summed E-state index contributed by atoms with van der Waals surface area (Å²) in [6.45, 7) is 2.09. The first kappa shape index (κ1) is 12.3. The number of halogens is 1. The van der Waals surface area contributed by atoms with Gasteiger partial charge in [0.1, 0.15) is 5.82 Å². The number of carbonyl (C=O) groups excluding carboxylic acids is 1. The van der Waals surface area contributed by atoms with Crippen molar-refractivity contribution in [2.75, 3.05) is 6.61 Å². The van der Waals surface area contributed by atoms with Crippen molar-refractivity contribution in [2.24, 2.45) is 16.5 Å². The molecule has 1 atom stereocenters. The highest BCUT2D eigenvalue weighted by Crippen LogP contribution is 2.33. The highest BCUT2D eigenvalue weighted by molar-refractivity contribution is 5.93. The number of benzene rings is 1. The highest BCUT2D eigenvalue weighted by Gasteiger charge is 2.33. The molecule has 0 radical (unpaired) electrons. The van der Waals surface area contributed by atoms with Crippen molar-refractivity contribution >= 4 is 11.9 Å². The van der Waals surface area contributed by atoms with Crippen LogP contribution in [0.1, 0.15) is 29.3 Å². The van der Waals surface area contributed by atoms with E-state index in [0.29, 0.717) is 18.6 Å². The summed E-state index contributed by atoms with van der Waals surface area (Å²) in [6, 6.07) is 3.99. The molecule has 0 aromatic heterocycles. The number of carbonyl (C=O) groups is 1. The van der Waals surface area contributed by atoms with Crippen LogP contribution in [0.2, 0.25) is 0 Å². The summed E-state index contributed by atoms with van der Waals surface area (Å²) in [5, 5.41) is 0. The number of hydrogen-bond donors (Lipinski definition) is 2. The summed E-state index contributed by atoms with van der Waals surface area (Å²) in [4.78, 5) is 15.3. The topological polar surface area (TPSA) is 90.7 Å². The summed E-state index contributed by atoms with van der Waals surface area (Å²) in [7, 11) is 0. The van der Waals surface area contributed by atoms with Crippen LogP contribution in [0, 0.1) is 5.82 Å². The van der Waals surface area contributed by atoms with Crippen molar-refractivity contribution in [2.45, 2.75) is 18.9 Å². The molecule has 1 aliphatic rings. The molecule has 0 saturated heterocycles. The third-order valence-electron chi connectivity index (χ3n) is 3.03. The maximum atomic E-state index is 13.9. The van der Waals surface area contributed by atoms with Gasteiger partial charge in [-0.3, -0.25) is 4.79 Å². The van der Waals surface area contributed by atoms with Gasteiger partial charge in [-0.15, -0.1) is 0 Å². The fraction of sp³-hybridized carbons (Fsp3) is 0.333. The normalized spacial score (nSPS) is 23.1. The Morgan fingerprint density at radius 3 is 2.89 bits per heavy atom. The van der Waals surface area contributed by atoms with Crippen molar-refractivity contribution in [1.82, 2.24) is 0 Å². The Morgan fingerprint density at radius 1 is 1.56 bits per heavy atom. The van der Waals surface area contributed by atoms with Crippen LogP contribution >= 0.6 is 0 Å². The number of amides is 1. The number of nitrogens with zero attached hydrogens (tertiary/aromatic N) is 1. The minimum absolute atomic E-state index is 0.0210. The zero-order valence-electron chi connectivity index (χ0n) is 9.94. The van der Waals surface area contributed by atoms with Crippen LogP contribution in [-0.2, 0) is 10.3 Å². The molecule has 0 unspecified atom stereocenters. The van der Waals surface area contributed by atoms with Crippen molar-refractivity contribution in [3.05, 3.63) is 35.1 Å². The Bertz CT molecular complexity index is 530. The van der Waals surface area contributed by atoms with Crippen LogP contribution in [0.4, 0.5) is 4.39 Å². The second kappa shape index (κ2) is 4.29. The summed E-state index contributed by atoms with van der Waals surface area (Å²) in [5.41, 5.74) is 10.4. The lowest BCUT2D eigenvalue weighted by Crippen LogP contribution is -2.34. The number of primary amides is 1. The van der Waals surface area contributed by atoms with Gasteiger partial charge in [0.15, 0.2) is 0 Å². The fourth-order valence-corrected chi connectivity index (χ4v) is 1.97. The predicted octanol–water partition coefficient (Wildman–Crippen LogP) is 0.875. The number of nitrogens with two attached hydrogens (primary N) is 2.